The maximum atomic E-state index is 9.69. The van der Waals surface area contributed by atoms with Crippen LogP contribution in [0.5, 0.6) is 11.5 Å². The smallest absolute Gasteiger partial charge is 0.161 e. The first-order valence-electron chi connectivity index (χ1n) is 7.17. The molecule has 0 amide bonds. The molecule has 0 aliphatic rings. The third-order valence-electron chi connectivity index (χ3n) is 3.61. The Kier molecular flexibility index (Phi) is 4.85. The fraction of sp³-hybridized carbons (Fsp3) is 0.438. The van der Waals surface area contributed by atoms with E-state index in [4.69, 9.17) is 4.74 Å². The predicted molar refractivity (Wildman–Crippen MR) is 82.5 cm³/mol. The summed E-state index contributed by atoms with van der Waals surface area (Å²) in [4.78, 5) is 0. The first kappa shape index (κ1) is 15.4. The lowest BCUT2D eigenvalue weighted by molar-refractivity contribution is 0.317. The van der Waals surface area contributed by atoms with Crippen LogP contribution >= 0.6 is 0 Å². The van der Waals surface area contributed by atoms with Crippen LogP contribution in [-0.2, 0) is 20.1 Å². The summed E-state index contributed by atoms with van der Waals surface area (Å²) in [5.41, 5.74) is 4.56. The molecule has 0 radical (unpaired) electrons. The normalized spacial score (nSPS) is 10.9. The minimum absolute atomic E-state index is 0.180. The molecule has 1 heterocycles. The highest BCUT2D eigenvalue weighted by Crippen LogP contribution is 2.26. The van der Waals surface area contributed by atoms with Crippen LogP contribution in [0.4, 0.5) is 0 Å². The summed E-state index contributed by atoms with van der Waals surface area (Å²) in [6, 6.07) is 5.44. The maximum Gasteiger partial charge on any atom is 0.161 e. The summed E-state index contributed by atoms with van der Waals surface area (Å²) in [6.07, 6.45) is 0. The van der Waals surface area contributed by atoms with Gasteiger partial charge in [0.2, 0.25) is 0 Å². The molecule has 0 atom stereocenters. The fourth-order valence-electron chi connectivity index (χ4n) is 2.34. The molecule has 2 N–H and O–H groups in total. The van der Waals surface area contributed by atoms with Gasteiger partial charge < -0.3 is 15.2 Å². The Morgan fingerprint density at radius 2 is 2.05 bits per heavy atom. The summed E-state index contributed by atoms with van der Waals surface area (Å²) in [6.45, 7) is 8.03. The standard InChI is InChI=1S/C16H23N3O2/c1-5-21-16-8-13(6-7-15(16)20)9-17-10-14-11(2)18-19(4)12(14)3/h6-8,17,20H,5,9-10H2,1-4H3. The molecular weight excluding hydrogens is 266 g/mol. The Bertz CT molecular complexity index is 620. The molecule has 1 aromatic heterocycles. The first-order chi connectivity index (χ1) is 10.0. The largest absolute Gasteiger partial charge is 0.504 e. The second-order valence-electron chi connectivity index (χ2n) is 5.11. The van der Waals surface area contributed by atoms with Crippen molar-refractivity contribution in [1.29, 1.82) is 0 Å². The van der Waals surface area contributed by atoms with Gasteiger partial charge in [-0.1, -0.05) is 6.07 Å². The minimum Gasteiger partial charge on any atom is -0.504 e. The molecule has 114 valence electrons. The van der Waals surface area contributed by atoms with Crippen LogP contribution in [-0.4, -0.2) is 21.5 Å². The summed E-state index contributed by atoms with van der Waals surface area (Å²) < 4.78 is 7.30. The number of hydrogen-bond donors (Lipinski definition) is 2. The van der Waals surface area contributed by atoms with E-state index in [1.54, 1.807) is 6.07 Å². The first-order valence-corrected chi connectivity index (χ1v) is 7.17. The summed E-state index contributed by atoms with van der Waals surface area (Å²) in [7, 11) is 1.96. The molecule has 0 aliphatic heterocycles. The highest BCUT2D eigenvalue weighted by Gasteiger charge is 2.09. The topological polar surface area (TPSA) is 59.3 Å². The molecule has 0 saturated heterocycles. The number of phenols is 1. The molecule has 0 bridgehead atoms. The zero-order chi connectivity index (χ0) is 15.4. The van der Waals surface area contributed by atoms with Gasteiger partial charge in [0, 0.05) is 31.4 Å². The average Bonchev–Trinajstić information content (AvgIpc) is 2.69. The van der Waals surface area contributed by atoms with Crippen molar-refractivity contribution in [1.82, 2.24) is 15.1 Å². The minimum atomic E-state index is 0.180. The van der Waals surface area contributed by atoms with Gasteiger partial charge in [0.15, 0.2) is 11.5 Å². The van der Waals surface area contributed by atoms with Gasteiger partial charge in [-0.3, -0.25) is 4.68 Å². The molecule has 5 heteroatoms. The van der Waals surface area contributed by atoms with Gasteiger partial charge in [0.1, 0.15) is 0 Å². The SMILES string of the molecule is CCOc1cc(CNCc2c(C)nn(C)c2C)ccc1O. The average molecular weight is 289 g/mol. The number of hydrogen-bond acceptors (Lipinski definition) is 4. The molecule has 0 spiro atoms. The Balaban J connectivity index is 1.99. The van der Waals surface area contributed by atoms with Crippen molar-refractivity contribution < 1.29 is 9.84 Å². The molecule has 2 aromatic rings. The van der Waals surface area contributed by atoms with Gasteiger partial charge >= 0.3 is 0 Å². The highest BCUT2D eigenvalue weighted by molar-refractivity contribution is 5.41. The van der Waals surface area contributed by atoms with E-state index >= 15 is 0 Å². The van der Waals surface area contributed by atoms with Crippen LogP contribution in [0.25, 0.3) is 0 Å². The van der Waals surface area contributed by atoms with Crippen LogP contribution in [0.3, 0.4) is 0 Å². The van der Waals surface area contributed by atoms with Crippen molar-refractivity contribution in [2.45, 2.75) is 33.9 Å². The lowest BCUT2D eigenvalue weighted by atomic mass is 10.1. The molecule has 21 heavy (non-hydrogen) atoms. The van der Waals surface area contributed by atoms with E-state index in [9.17, 15) is 5.11 Å². The second kappa shape index (κ2) is 6.63. The second-order valence-corrected chi connectivity index (χ2v) is 5.11. The Hall–Kier alpha value is -2.01. The zero-order valence-corrected chi connectivity index (χ0v) is 13.1. The van der Waals surface area contributed by atoms with Gasteiger partial charge in [0.25, 0.3) is 0 Å². The lowest BCUT2D eigenvalue weighted by Gasteiger charge is -2.09. The van der Waals surface area contributed by atoms with E-state index in [0.717, 1.165) is 17.8 Å². The molecule has 0 unspecified atom stereocenters. The van der Waals surface area contributed by atoms with Gasteiger partial charge in [-0.25, -0.2) is 0 Å². The molecule has 0 fully saturated rings. The summed E-state index contributed by atoms with van der Waals surface area (Å²) in [5.74, 6) is 0.713. The highest BCUT2D eigenvalue weighted by atomic mass is 16.5. The monoisotopic (exact) mass is 289 g/mol. The van der Waals surface area contributed by atoms with E-state index in [1.807, 2.05) is 37.7 Å². The Morgan fingerprint density at radius 1 is 1.29 bits per heavy atom. The number of phenolic OH excluding ortho intramolecular Hbond substituents is 1. The number of nitrogens with zero attached hydrogens (tertiary/aromatic N) is 2. The lowest BCUT2D eigenvalue weighted by Crippen LogP contribution is -2.14. The van der Waals surface area contributed by atoms with Crippen LogP contribution in [0, 0.1) is 13.8 Å². The molecule has 0 saturated carbocycles. The number of aromatic hydroxyl groups is 1. The van der Waals surface area contributed by atoms with Crippen molar-refractivity contribution in [2.24, 2.45) is 7.05 Å². The maximum absolute atomic E-state index is 9.69. The number of nitrogens with one attached hydrogen (secondary N) is 1. The fourth-order valence-corrected chi connectivity index (χ4v) is 2.34. The number of ether oxygens (including phenoxy) is 1. The van der Waals surface area contributed by atoms with Crippen molar-refractivity contribution in [3.05, 3.63) is 40.7 Å². The van der Waals surface area contributed by atoms with Gasteiger partial charge in [-0.15, -0.1) is 0 Å². The van der Waals surface area contributed by atoms with Crippen LogP contribution in [0.15, 0.2) is 18.2 Å². The molecule has 1 aromatic carbocycles. The van der Waals surface area contributed by atoms with Crippen molar-refractivity contribution in [2.75, 3.05) is 6.61 Å². The molecule has 0 aliphatic carbocycles. The van der Waals surface area contributed by atoms with Gasteiger partial charge in [-0.05, 0) is 38.5 Å². The summed E-state index contributed by atoms with van der Waals surface area (Å²) >= 11 is 0. The van der Waals surface area contributed by atoms with Gasteiger partial charge in [0.05, 0.1) is 12.3 Å². The molecular formula is C16H23N3O2. The Labute approximate surface area is 125 Å². The summed E-state index contributed by atoms with van der Waals surface area (Å²) in [5, 5.41) is 17.5. The predicted octanol–water partition coefficient (Wildman–Crippen LogP) is 2.43. The van der Waals surface area contributed by atoms with E-state index in [1.165, 1.54) is 11.3 Å². The van der Waals surface area contributed by atoms with Crippen LogP contribution in [0.2, 0.25) is 0 Å². The molecule has 2 rings (SSSR count). The number of benzene rings is 1. The zero-order valence-electron chi connectivity index (χ0n) is 13.1. The van der Waals surface area contributed by atoms with E-state index in [2.05, 4.69) is 17.3 Å². The third-order valence-corrected chi connectivity index (χ3v) is 3.61. The number of rotatable bonds is 6. The van der Waals surface area contributed by atoms with Crippen LogP contribution < -0.4 is 10.1 Å². The van der Waals surface area contributed by atoms with Crippen molar-refractivity contribution in [3.8, 4) is 11.5 Å². The quantitative estimate of drug-likeness (QED) is 0.857. The number of aryl methyl sites for hydroxylation is 2. The Morgan fingerprint density at radius 3 is 2.67 bits per heavy atom. The number of aromatic nitrogens is 2. The molecule has 5 nitrogen and oxygen atoms in total. The van der Waals surface area contributed by atoms with E-state index < -0.39 is 0 Å². The van der Waals surface area contributed by atoms with Gasteiger partial charge in [-0.2, -0.15) is 5.10 Å². The van der Waals surface area contributed by atoms with E-state index in [-0.39, 0.29) is 5.75 Å². The van der Waals surface area contributed by atoms with E-state index in [0.29, 0.717) is 18.9 Å². The van der Waals surface area contributed by atoms with Crippen molar-refractivity contribution >= 4 is 0 Å². The van der Waals surface area contributed by atoms with Crippen LogP contribution in [0.1, 0.15) is 29.4 Å². The van der Waals surface area contributed by atoms with Crippen molar-refractivity contribution in [3.63, 3.8) is 0 Å². The third kappa shape index (κ3) is 3.55.